The number of anilines is 1. The molecule has 0 amide bonds. The number of aryl methyl sites for hydroxylation is 4. The molecule has 0 atom stereocenters. The number of hydrogen-bond acceptors (Lipinski definition) is 3. The summed E-state index contributed by atoms with van der Waals surface area (Å²) in [4.78, 5) is 12.1. The molecule has 24 heavy (non-hydrogen) atoms. The van der Waals surface area contributed by atoms with Crippen molar-refractivity contribution in [2.24, 2.45) is 14.1 Å². The summed E-state index contributed by atoms with van der Waals surface area (Å²) in [7, 11) is -0.459. The normalized spacial score (nSPS) is 11.8. The van der Waals surface area contributed by atoms with Gasteiger partial charge < -0.3 is 0 Å². The maximum Gasteiger partial charge on any atom is 0.328 e. The van der Waals surface area contributed by atoms with Gasteiger partial charge in [0.15, 0.2) is 0 Å². The minimum atomic E-state index is -3.74. The van der Waals surface area contributed by atoms with Crippen molar-refractivity contribution >= 4 is 26.7 Å². The molecule has 1 heterocycles. The average molecular weight is 345 g/mol. The second-order valence-electron chi connectivity index (χ2n) is 5.92. The molecule has 0 aliphatic heterocycles. The Bertz CT molecular complexity index is 1090. The lowest BCUT2D eigenvalue weighted by molar-refractivity contribution is 0.601. The van der Waals surface area contributed by atoms with E-state index in [2.05, 4.69) is 4.72 Å². The molecule has 3 rings (SSSR count). The summed E-state index contributed by atoms with van der Waals surface area (Å²) < 4.78 is 31.1. The Morgan fingerprint density at radius 2 is 1.50 bits per heavy atom. The predicted octanol–water partition coefficient (Wildman–Crippen LogP) is 2.29. The summed E-state index contributed by atoms with van der Waals surface area (Å²) >= 11 is 0. The Morgan fingerprint density at radius 1 is 0.917 bits per heavy atom. The van der Waals surface area contributed by atoms with E-state index in [-0.39, 0.29) is 10.6 Å². The monoisotopic (exact) mass is 345 g/mol. The van der Waals surface area contributed by atoms with Crippen molar-refractivity contribution in [2.45, 2.75) is 18.7 Å². The van der Waals surface area contributed by atoms with Gasteiger partial charge >= 0.3 is 5.69 Å². The summed E-state index contributed by atoms with van der Waals surface area (Å²) in [6, 6.07) is 10.3. The van der Waals surface area contributed by atoms with E-state index in [0.29, 0.717) is 16.7 Å². The highest BCUT2D eigenvalue weighted by Gasteiger charge is 2.18. The minimum absolute atomic E-state index is 0.124. The van der Waals surface area contributed by atoms with Gasteiger partial charge in [-0.05, 0) is 43.2 Å². The van der Waals surface area contributed by atoms with Crippen LogP contribution in [0.2, 0.25) is 0 Å². The maximum absolute atomic E-state index is 12.7. The van der Waals surface area contributed by atoms with E-state index in [4.69, 9.17) is 0 Å². The summed E-state index contributed by atoms with van der Waals surface area (Å²) in [5.41, 5.74) is 3.36. The van der Waals surface area contributed by atoms with E-state index in [1.807, 2.05) is 32.0 Å². The highest BCUT2D eigenvalue weighted by Crippen LogP contribution is 2.25. The first kappa shape index (κ1) is 16.3. The summed E-state index contributed by atoms with van der Waals surface area (Å²) in [5.74, 6) is 0. The predicted molar refractivity (Wildman–Crippen MR) is 94.9 cm³/mol. The van der Waals surface area contributed by atoms with Crippen molar-refractivity contribution in [3.63, 3.8) is 0 Å². The summed E-state index contributed by atoms with van der Waals surface area (Å²) in [6.07, 6.45) is 0. The topological polar surface area (TPSA) is 73.1 Å². The summed E-state index contributed by atoms with van der Waals surface area (Å²) in [6.45, 7) is 3.71. The van der Waals surface area contributed by atoms with Gasteiger partial charge in [-0.25, -0.2) is 13.2 Å². The van der Waals surface area contributed by atoms with E-state index in [0.717, 1.165) is 11.1 Å². The van der Waals surface area contributed by atoms with Crippen molar-refractivity contribution in [3.05, 3.63) is 58.0 Å². The van der Waals surface area contributed by atoms with Crippen LogP contribution in [0, 0.1) is 13.8 Å². The fourth-order valence-electron chi connectivity index (χ4n) is 2.82. The van der Waals surface area contributed by atoms with Gasteiger partial charge in [0.25, 0.3) is 10.0 Å². The number of rotatable bonds is 3. The van der Waals surface area contributed by atoms with Crippen molar-refractivity contribution in [1.29, 1.82) is 0 Å². The van der Waals surface area contributed by atoms with Crippen LogP contribution in [-0.4, -0.2) is 17.6 Å². The molecule has 0 aliphatic carbocycles. The SMILES string of the molecule is Cc1cccc(C)c1NS(=O)(=O)c1ccc2c(c1)n(C)c(=O)n2C. The van der Waals surface area contributed by atoms with Crippen LogP contribution in [0.4, 0.5) is 5.69 Å². The van der Waals surface area contributed by atoms with Gasteiger partial charge in [-0.3, -0.25) is 13.9 Å². The number of fused-ring (bicyclic) bond motifs is 1. The molecule has 1 aromatic heterocycles. The van der Waals surface area contributed by atoms with E-state index >= 15 is 0 Å². The Balaban J connectivity index is 2.12. The lowest BCUT2D eigenvalue weighted by Gasteiger charge is -2.13. The molecule has 7 heteroatoms. The Hall–Kier alpha value is -2.54. The number of benzene rings is 2. The quantitative estimate of drug-likeness (QED) is 0.791. The molecule has 0 saturated carbocycles. The molecule has 3 aromatic rings. The molecule has 1 N–H and O–H groups in total. The number of hydrogen-bond donors (Lipinski definition) is 1. The molecule has 126 valence electrons. The van der Waals surface area contributed by atoms with E-state index < -0.39 is 10.0 Å². The fraction of sp³-hybridized carbons (Fsp3) is 0.235. The molecular formula is C17H19N3O3S. The van der Waals surface area contributed by atoms with Crippen LogP contribution in [0.5, 0.6) is 0 Å². The molecule has 0 unspecified atom stereocenters. The number of sulfonamides is 1. The second-order valence-corrected chi connectivity index (χ2v) is 7.61. The van der Waals surface area contributed by atoms with Crippen LogP contribution in [0.15, 0.2) is 46.1 Å². The van der Waals surface area contributed by atoms with E-state index in [1.54, 1.807) is 20.2 Å². The zero-order valence-corrected chi connectivity index (χ0v) is 14.8. The van der Waals surface area contributed by atoms with Gasteiger partial charge in [0.05, 0.1) is 21.6 Å². The van der Waals surface area contributed by atoms with Crippen LogP contribution in [0.1, 0.15) is 11.1 Å². The van der Waals surface area contributed by atoms with Gasteiger partial charge in [-0.2, -0.15) is 0 Å². The molecule has 0 spiro atoms. The van der Waals surface area contributed by atoms with Crippen LogP contribution < -0.4 is 10.4 Å². The average Bonchev–Trinajstić information content (AvgIpc) is 2.75. The molecular weight excluding hydrogens is 326 g/mol. The van der Waals surface area contributed by atoms with E-state index in [9.17, 15) is 13.2 Å². The smallest absolute Gasteiger partial charge is 0.295 e. The fourth-order valence-corrected chi connectivity index (χ4v) is 4.05. The number of aromatic nitrogens is 2. The van der Waals surface area contributed by atoms with Gasteiger partial charge in [0.2, 0.25) is 0 Å². The standard InChI is InChI=1S/C17H19N3O3S/c1-11-6-5-7-12(2)16(11)18-24(22,23)13-8-9-14-15(10-13)20(4)17(21)19(14)3/h5-10,18H,1-4H3. The zero-order chi connectivity index (χ0) is 17.6. The third-order valence-electron chi connectivity index (χ3n) is 4.27. The second kappa shape index (κ2) is 5.52. The number of nitrogens with zero attached hydrogens (tertiary/aromatic N) is 2. The van der Waals surface area contributed by atoms with Crippen LogP contribution in [0.3, 0.4) is 0 Å². The van der Waals surface area contributed by atoms with Crippen LogP contribution >= 0.6 is 0 Å². The highest BCUT2D eigenvalue weighted by molar-refractivity contribution is 7.92. The Morgan fingerprint density at radius 3 is 2.12 bits per heavy atom. The third kappa shape index (κ3) is 2.50. The Labute approximate surface area is 140 Å². The molecule has 0 radical (unpaired) electrons. The van der Waals surface area contributed by atoms with E-state index in [1.165, 1.54) is 21.3 Å². The number of imidazole rings is 1. The van der Waals surface area contributed by atoms with Crippen molar-refractivity contribution in [2.75, 3.05) is 4.72 Å². The largest absolute Gasteiger partial charge is 0.328 e. The van der Waals surface area contributed by atoms with Crippen molar-refractivity contribution in [3.8, 4) is 0 Å². The number of para-hydroxylation sites is 1. The molecule has 0 bridgehead atoms. The minimum Gasteiger partial charge on any atom is -0.295 e. The van der Waals surface area contributed by atoms with Crippen LogP contribution in [-0.2, 0) is 24.1 Å². The van der Waals surface area contributed by atoms with Crippen molar-refractivity contribution in [1.82, 2.24) is 9.13 Å². The third-order valence-corrected chi connectivity index (χ3v) is 5.62. The molecule has 2 aromatic carbocycles. The molecule has 0 saturated heterocycles. The molecule has 0 aliphatic rings. The van der Waals surface area contributed by atoms with Crippen molar-refractivity contribution < 1.29 is 8.42 Å². The first-order chi connectivity index (χ1) is 11.2. The first-order valence-corrected chi connectivity index (χ1v) is 8.95. The van der Waals surface area contributed by atoms with Gasteiger partial charge in [0, 0.05) is 14.1 Å². The lowest BCUT2D eigenvalue weighted by atomic mass is 10.1. The first-order valence-electron chi connectivity index (χ1n) is 7.47. The van der Waals surface area contributed by atoms with Crippen LogP contribution in [0.25, 0.3) is 11.0 Å². The number of nitrogens with one attached hydrogen (secondary N) is 1. The zero-order valence-electron chi connectivity index (χ0n) is 14.0. The molecule has 6 nitrogen and oxygen atoms in total. The molecule has 0 fully saturated rings. The van der Waals surface area contributed by atoms with Gasteiger partial charge in [-0.1, -0.05) is 18.2 Å². The highest BCUT2D eigenvalue weighted by atomic mass is 32.2. The summed E-state index contributed by atoms with van der Waals surface area (Å²) in [5, 5.41) is 0. The Kier molecular flexibility index (Phi) is 3.76. The van der Waals surface area contributed by atoms with Gasteiger partial charge in [0.1, 0.15) is 0 Å². The maximum atomic E-state index is 12.7. The van der Waals surface area contributed by atoms with Gasteiger partial charge in [-0.15, -0.1) is 0 Å². The lowest BCUT2D eigenvalue weighted by Crippen LogP contribution is -2.19.